The summed E-state index contributed by atoms with van der Waals surface area (Å²) in [5.74, 6) is 0. The molecular weight excluding hydrogens is 415 g/mol. The minimum absolute atomic E-state index is 0.197. The SMILES string of the molecule is Cc1nc(Cl)ccc1C=C(CNC(=O)OCc1ccccc1)B1OC(C)(C)C(C)(C)O1. The molecule has 1 fully saturated rings. The molecule has 31 heavy (non-hydrogen) atoms. The number of amides is 1. The number of halogens is 1. The van der Waals surface area contributed by atoms with Crippen LogP contribution in [0.25, 0.3) is 6.08 Å². The van der Waals surface area contributed by atoms with Crippen molar-refractivity contribution in [2.75, 3.05) is 6.54 Å². The van der Waals surface area contributed by atoms with E-state index < -0.39 is 24.4 Å². The summed E-state index contributed by atoms with van der Waals surface area (Å²) in [7, 11) is -0.616. The van der Waals surface area contributed by atoms with Crippen molar-refractivity contribution in [2.24, 2.45) is 0 Å². The summed E-state index contributed by atoms with van der Waals surface area (Å²) >= 11 is 5.99. The van der Waals surface area contributed by atoms with Crippen molar-refractivity contribution in [3.63, 3.8) is 0 Å². The van der Waals surface area contributed by atoms with Gasteiger partial charge < -0.3 is 19.4 Å². The standard InChI is InChI=1S/C23H28BClN2O4/c1-16-18(11-12-20(25)27-16)13-19(24-30-22(2,3)23(4,5)31-24)14-26-21(28)29-15-17-9-7-6-8-10-17/h6-13H,14-15H2,1-5H3,(H,26,28). The number of rotatable bonds is 6. The van der Waals surface area contributed by atoms with Crippen LogP contribution in [0.15, 0.2) is 47.9 Å². The van der Waals surface area contributed by atoms with Crippen molar-refractivity contribution < 1.29 is 18.8 Å². The Bertz CT molecular complexity index is 947. The summed E-state index contributed by atoms with van der Waals surface area (Å²) in [5.41, 5.74) is 2.31. The fraction of sp³-hybridized carbons (Fsp3) is 0.391. The quantitative estimate of drug-likeness (QED) is 0.504. The number of aromatic nitrogens is 1. The van der Waals surface area contributed by atoms with Gasteiger partial charge in [-0.3, -0.25) is 0 Å². The molecule has 0 atom stereocenters. The number of carbonyl (C=O) groups is 1. The van der Waals surface area contributed by atoms with Gasteiger partial charge >= 0.3 is 13.2 Å². The number of hydrogen-bond donors (Lipinski definition) is 1. The van der Waals surface area contributed by atoms with E-state index in [4.69, 9.17) is 25.6 Å². The summed E-state index contributed by atoms with van der Waals surface area (Å²) in [6.07, 6.45) is 1.40. The second kappa shape index (κ2) is 9.43. The third-order valence-electron chi connectivity index (χ3n) is 5.64. The summed E-state index contributed by atoms with van der Waals surface area (Å²) in [4.78, 5) is 16.6. The smallest absolute Gasteiger partial charge is 0.445 e. The first-order valence-electron chi connectivity index (χ1n) is 10.2. The Kier molecular flexibility index (Phi) is 7.09. The highest BCUT2D eigenvalue weighted by atomic mass is 35.5. The first-order valence-corrected chi connectivity index (χ1v) is 10.6. The average molecular weight is 443 g/mol. The van der Waals surface area contributed by atoms with Crippen LogP contribution >= 0.6 is 11.6 Å². The zero-order chi connectivity index (χ0) is 22.6. The molecule has 1 amide bonds. The molecule has 2 heterocycles. The molecule has 2 aromatic rings. The van der Waals surface area contributed by atoms with Crippen LogP contribution in [0.3, 0.4) is 0 Å². The van der Waals surface area contributed by atoms with E-state index in [1.807, 2.05) is 77.1 Å². The number of aryl methyl sites for hydroxylation is 1. The Balaban J connectivity index is 1.74. The molecule has 1 saturated heterocycles. The van der Waals surface area contributed by atoms with Gasteiger partial charge in [0.1, 0.15) is 11.8 Å². The molecule has 8 heteroatoms. The molecule has 0 unspecified atom stereocenters. The Labute approximate surface area is 189 Å². The maximum Gasteiger partial charge on any atom is 0.492 e. The van der Waals surface area contributed by atoms with E-state index in [-0.39, 0.29) is 13.2 Å². The van der Waals surface area contributed by atoms with Crippen molar-refractivity contribution >= 4 is 30.9 Å². The van der Waals surface area contributed by atoms with E-state index in [9.17, 15) is 4.79 Å². The monoisotopic (exact) mass is 442 g/mol. The molecule has 0 bridgehead atoms. The van der Waals surface area contributed by atoms with Crippen LogP contribution in [0, 0.1) is 6.92 Å². The van der Waals surface area contributed by atoms with Crippen molar-refractivity contribution in [1.29, 1.82) is 0 Å². The second-order valence-corrected chi connectivity index (χ2v) is 8.92. The molecule has 1 aliphatic heterocycles. The molecule has 0 radical (unpaired) electrons. The van der Waals surface area contributed by atoms with E-state index in [2.05, 4.69) is 10.3 Å². The number of ether oxygens (including phenoxy) is 1. The molecule has 1 aliphatic rings. The average Bonchev–Trinajstić information content (AvgIpc) is 2.93. The lowest BCUT2D eigenvalue weighted by molar-refractivity contribution is 0.00578. The van der Waals surface area contributed by atoms with E-state index in [0.29, 0.717) is 5.15 Å². The summed E-state index contributed by atoms with van der Waals surface area (Å²) in [6.45, 7) is 10.2. The van der Waals surface area contributed by atoms with Crippen molar-refractivity contribution in [3.05, 3.63) is 69.9 Å². The van der Waals surface area contributed by atoms with E-state index >= 15 is 0 Å². The number of pyridine rings is 1. The first kappa shape index (κ1) is 23.3. The van der Waals surface area contributed by atoms with E-state index in [1.165, 1.54) is 0 Å². The van der Waals surface area contributed by atoms with Crippen LogP contribution < -0.4 is 5.32 Å². The number of nitrogens with zero attached hydrogens (tertiary/aromatic N) is 1. The summed E-state index contributed by atoms with van der Waals surface area (Å²) in [5, 5.41) is 3.23. The predicted molar refractivity (Wildman–Crippen MR) is 123 cm³/mol. The largest absolute Gasteiger partial charge is 0.492 e. The lowest BCUT2D eigenvalue weighted by Crippen LogP contribution is -2.41. The van der Waals surface area contributed by atoms with E-state index in [0.717, 1.165) is 22.3 Å². The first-order chi connectivity index (χ1) is 14.6. The molecule has 0 aliphatic carbocycles. The van der Waals surface area contributed by atoms with Crippen molar-refractivity contribution in [2.45, 2.75) is 52.4 Å². The van der Waals surface area contributed by atoms with E-state index in [1.54, 1.807) is 6.07 Å². The van der Waals surface area contributed by atoms with Crippen molar-refractivity contribution in [1.82, 2.24) is 10.3 Å². The Hall–Kier alpha value is -2.35. The molecule has 1 aromatic heterocycles. The van der Waals surface area contributed by atoms with Crippen LogP contribution in [0.4, 0.5) is 4.79 Å². The normalized spacial score (nSPS) is 17.5. The van der Waals surface area contributed by atoms with Crippen LogP contribution in [0.1, 0.15) is 44.5 Å². The highest BCUT2D eigenvalue weighted by molar-refractivity contribution is 6.56. The number of carbonyl (C=O) groups excluding carboxylic acids is 1. The van der Waals surface area contributed by atoms with Gasteiger partial charge in [-0.1, -0.05) is 54.1 Å². The van der Waals surface area contributed by atoms with Crippen LogP contribution in [-0.2, 0) is 20.7 Å². The highest BCUT2D eigenvalue weighted by Gasteiger charge is 2.52. The summed E-state index contributed by atoms with van der Waals surface area (Å²) < 4.78 is 17.7. The lowest BCUT2D eigenvalue weighted by Gasteiger charge is -2.32. The molecule has 0 saturated carbocycles. The molecule has 6 nitrogen and oxygen atoms in total. The third kappa shape index (κ3) is 5.88. The van der Waals surface area contributed by atoms with Gasteiger partial charge in [0.15, 0.2) is 0 Å². The Morgan fingerprint density at radius 1 is 1.13 bits per heavy atom. The lowest BCUT2D eigenvalue weighted by atomic mass is 9.77. The number of hydrogen-bond acceptors (Lipinski definition) is 5. The van der Waals surface area contributed by atoms with Gasteiger partial charge in [-0.05, 0) is 57.3 Å². The zero-order valence-electron chi connectivity index (χ0n) is 18.6. The van der Waals surface area contributed by atoms with Gasteiger partial charge in [-0.25, -0.2) is 9.78 Å². The Morgan fingerprint density at radius 2 is 1.77 bits per heavy atom. The molecule has 1 aromatic carbocycles. The van der Waals surface area contributed by atoms with Gasteiger partial charge in [0.05, 0.1) is 11.2 Å². The van der Waals surface area contributed by atoms with Gasteiger partial charge in [0.2, 0.25) is 0 Å². The van der Waals surface area contributed by atoms with Crippen LogP contribution in [0.2, 0.25) is 5.15 Å². The number of benzene rings is 1. The second-order valence-electron chi connectivity index (χ2n) is 8.53. The maximum absolute atomic E-state index is 12.3. The predicted octanol–water partition coefficient (Wildman–Crippen LogP) is 4.98. The topological polar surface area (TPSA) is 69.7 Å². The van der Waals surface area contributed by atoms with Crippen LogP contribution in [-0.4, -0.2) is 35.9 Å². The summed E-state index contributed by atoms with van der Waals surface area (Å²) in [6, 6.07) is 13.1. The minimum atomic E-state index is -0.616. The fourth-order valence-corrected chi connectivity index (χ4v) is 3.23. The zero-order valence-corrected chi connectivity index (χ0v) is 19.3. The number of nitrogens with one attached hydrogen (secondary N) is 1. The maximum atomic E-state index is 12.3. The molecular formula is C23H28BClN2O4. The van der Waals surface area contributed by atoms with Crippen molar-refractivity contribution in [3.8, 4) is 0 Å². The fourth-order valence-electron chi connectivity index (χ4n) is 3.04. The molecule has 0 spiro atoms. The third-order valence-corrected chi connectivity index (χ3v) is 5.85. The molecule has 164 valence electrons. The minimum Gasteiger partial charge on any atom is -0.445 e. The van der Waals surface area contributed by atoms with Crippen LogP contribution in [0.5, 0.6) is 0 Å². The van der Waals surface area contributed by atoms with Gasteiger partial charge in [0.25, 0.3) is 0 Å². The molecule has 1 N–H and O–H groups in total. The van der Waals surface area contributed by atoms with Gasteiger partial charge in [-0.15, -0.1) is 0 Å². The number of alkyl carbamates (subject to hydrolysis) is 1. The van der Waals surface area contributed by atoms with Gasteiger partial charge in [-0.2, -0.15) is 0 Å². The van der Waals surface area contributed by atoms with Gasteiger partial charge in [0, 0.05) is 12.2 Å². The highest BCUT2D eigenvalue weighted by Crippen LogP contribution is 2.38. The Morgan fingerprint density at radius 3 is 2.39 bits per heavy atom. The molecule has 3 rings (SSSR count).